The highest BCUT2D eigenvalue weighted by Crippen LogP contribution is 2.26. The summed E-state index contributed by atoms with van der Waals surface area (Å²) in [5, 5.41) is 4.45. The van der Waals surface area contributed by atoms with Crippen LogP contribution >= 0.6 is 34.8 Å². The predicted octanol–water partition coefficient (Wildman–Crippen LogP) is 6.17. The van der Waals surface area contributed by atoms with Gasteiger partial charge in [0.15, 0.2) is 0 Å². The largest absolute Gasteiger partial charge is 0.341 e. The van der Waals surface area contributed by atoms with Gasteiger partial charge in [0.2, 0.25) is 0 Å². The molecule has 1 N–H and O–H groups in total. The van der Waals surface area contributed by atoms with E-state index in [0.29, 0.717) is 20.6 Å². The minimum Gasteiger partial charge on any atom is -0.341 e. The first-order valence-electron chi connectivity index (χ1n) is 7.61. The standard InChI is InChI=1S/C20H14Cl3NO/c21-16-9-6-14(7-10-16)19(13-4-2-1-3-5-13)24-20(25)15-8-11-17(22)18(23)12-15/h1-12,19H,(H,24,25)/t19-/m0/s1. The zero-order valence-corrected chi connectivity index (χ0v) is 15.3. The van der Waals surface area contributed by atoms with Gasteiger partial charge in [-0.05, 0) is 41.5 Å². The van der Waals surface area contributed by atoms with Crippen LogP contribution < -0.4 is 5.32 Å². The maximum Gasteiger partial charge on any atom is 0.252 e. The Balaban J connectivity index is 1.93. The van der Waals surface area contributed by atoms with Crippen LogP contribution in [0.2, 0.25) is 15.1 Å². The molecule has 0 bridgehead atoms. The van der Waals surface area contributed by atoms with Crippen molar-refractivity contribution in [2.24, 2.45) is 0 Å². The Morgan fingerprint density at radius 2 is 1.40 bits per heavy atom. The van der Waals surface area contributed by atoms with Gasteiger partial charge in [-0.25, -0.2) is 0 Å². The number of benzene rings is 3. The highest BCUT2D eigenvalue weighted by molar-refractivity contribution is 6.42. The third-order valence-electron chi connectivity index (χ3n) is 3.79. The molecule has 0 aromatic heterocycles. The van der Waals surface area contributed by atoms with Crippen LogP contribution in [-0.2, 0) is 0 Å². The summed E-state index contributed by atoms with van der Waals surface area (Å²) in [7, 11) is 0. The Bertz CT molecular complexity index is 879. The second-order valence-electron chi connectivity index (χ2n) is 5.50. The number of carbonyl (C=O) groups is 1. The van der Waals surface area contributed by atoms with E-state index in [0.717, 1.165) is 11.1 Å². The topological polar surface area (TPSA) is 29.1 Å². The van der Waals surface area contributed by atoms with Crippen molar-refractivity contribution in [1.29, 1.82) is 0 Å². The molecule has 1 amide bonds. The number of carbonyl (C=O) groups excluding carboxylic acids is 1. The highest BCUT2D eigenvalue weighted by Gasteiger charge is 2.18. The number of hydrogen-bond acceptors (Lipinski definition) is 1. The smallest absolute Gasteiger partial charge is 0.252 e. The van der Waals surface area contributed by atoms with E-state index in [1.54, 1.807) is 30.3 Å². The average molecular weight is 391 g/mol. The molecule has 0 aliphatic carbocycles. The molecule has 1 atom stereocenters. The lowest BCUT2D eigenvalue weighted by atomic mass is 9.98. The molecule has 3 aromatic rings. The van der Waals surface area contributed by atoms with Crippen LogP contribution in [0.25, 0.3) is 0 Å². The van der Waals surface area contributed by atoms with E-state index in [9.17, 15) is 4.79 Å². The van der Waals surface area contributed by atoms with Crippen LogP contribution in [0.3, 0.4) is 0 Å². The third-order valence-corrected chi connectivity index (χ3v) is 4.78. The number of halogens is 3. The third kappa shape index (κ3) is 4.35. The minimum absolute atomic E-state index is 0.234. The molecule has 0 saturated carbocycles. The number of hydrogen-bond donors (Lipinski definition) is 1. The fraction of sp³-hybridized carbons (Fsp3) is 0.0500. The Hall–Kier alpha value is -2.00. The summed E-state index contributed by atoms with van der Waals surface area (Å²) in [4.78, 5) is 12.7. The van der Waals surface area contributed by atoms with E-state index in [1.165, 1.54) is 0 Å². The van der Waals surface area contributed by atoms with Crippen molar-refractivity contribution in [3.63, 3.8) is 0 Å². The number of rotatable bonds is 4. The highest BCUT2D eigenvalue weighted by atomic mass is 35.5. The van der Waals surface area contributed by atoms with Crippen LogP contribution in [0.1, 0.15) is 27.5 Å². The van der Waals surface area contributed by atoms with Crippen molar-refractivity contribution < 1.29 is 4.79 Å². The number of amides is 1. The molecular weight excluding hydrogens is 377 g/mol. The molecule has 3 rings (SSSR count). The van der Waals surface area contributed by atoms with E-state index in [-0.39, 0.29) is 11.9 Å². The molecule has 0 fully saturated rings. The van der Waals surface area contributed by atoms with E-state index in [1.807, 2.05) is 42.5 Å². The molecule has 0 spiro atoms. The average Bonchev–Trinajstić information content (AvgIpc) is 2.63. The summed E-state index contributed by atoms with van der Waals surface area (Å²) in [6.07, 6.45) is 0. The molecule has 25 heavy (non-hydrogen) atoms. The Labute approximate surface area is 161 Å². The van der Waals surface area contributed by atoms with Gasteiger partial charge < -0.3 is 5.32 Å². The molecule has 3 aromatic carbocycles. The number of nitrogens with one attached hydrogen (secondary N) is 1. The fourth-order valence-corrected chi connectivity index (χ4v) is 2.94. The van der Waals surface area contributed by atoms with Gasteiger partial charge in [-0.2, -0.15) is 0 Å². The van der Waals surface area contributed by atoms with Gasteiger partial charge in [0.05, 0.1) is 16.1 Å². The first kappa shape index (κ1) is 17.8. The molecular formula is C20H14Cl3NO. The van der Waals surface area contributed by atoms with Gasteiger partial charge in [-0.1, -0.05) is 77.3 Å². The summed E-state index contributed by atoms with van der Waals surface area (Å²) in [6, 6.07) is 21.6. The second kappa shape index (κ2) is 7.92. The van der Waals surface area contributed by atoms with Crippen molar-refractivity contribution in [2.75, 3.05) is 0 Å². The van der Waals surface area contributed by atoms with Crippen molar-refractivity contribution >= 4 is 40.7 Å². The molecule has 0 unspecified atom stereocenters. The summed E-state index contributed by atoms with van der Waals surface area (Å²) in [5.41, 5.74) is 2.35. The lowest BCUT2D eigenvalue weighted by molar-refractivity contribution is 0.0943. The maximum atomic E-state index is 12.7. The zero-order valence-electron chi connectivity index (χ0n) is 13.0. The van der Waals surface area contributed by atoms with E-state index >= 15 is 0 Å². The molecule has 0 aliphatic heterocycles. The van der Waals surface area contributed by atoms with E-state index < -0.39 is 0 Å². The Kier molecular flexibility index (Phi) is 5.64. The maximum absolute atomic E-state index is 12.7. The summed E-state index contributed by atoms with van der Waals surface area (Å²) >= 11 is 17.9. The summed E-state index contributed by atoms with van der Waals surface area (Å²) in [6.45, 7) is 0. The van der Waals surface area contributed by atoms with E-state index in [4.69, 9.17) is 34.8 Å². The minimum atomic E-state index is -0.305. The second-order valence-corrected chi connectivity index (χ2v) is 6.75. The van der Waals surface area contributed by atoms with Gasteiger partial charge in [-0.3, -0.25) is 4.79 Å². The van der Waals surface area contributed by atoms with Crippen LogP contribution in [0.5, 0.6) is 0 Å². The van der Waals surface area contributed by atoms with E-state index in [2.05, 4.69) is 5.32 Å². The van der Waals surface area contributed by atoms with Gasteiger partial charge in [0, 0.05) is 10.6 Å². The van der Waals surface area contributed by atoms with Crippen molar-refractivity contribution in [2.45, 2.75) is 6.04 Å². The summed E-state index contributed by atoms with van der Waals surface area (Å²) in [5.74, 6) is -0.234. The molecule has 126 valence electrons. The SMILES string of the molecule is O=C(N[C@@H](c1ccccc1)c1ccc(Cl)cc1)c1ccc(Cl)c(Cl)c1. The predicted molar refractivity (Wildman–Crippen MR) is 104 cm³/mol. The Morgan fingerprint density at radius 3 is 2.04 bits per heavy atom. The lowest BCUT2D eigenvalue weighted by Gasteiger charge is -2.20. The molecule has 0 saturated heterocycles. The Morgan fingerprint density at radius 1 is 0.760 bits per heavy atom. The normalized spacial score (nSPS) is 11.8. The quantitative estimate of drug-likeness (QED) is 0.567. The van der Waals surface area contributed by atoms with Crippen LogP contribution in [0.15, 0.2) is 72.8 Å². The fourth-order valence-electron chi connectivity index (χ4n) is 2.51. The first-order valence-corrected chi connectivity index (χ1v) is 8.74. The lowest BCUT2D eigenvalue weighted by Crippen LogP contribution is -2.29. The van der Waals surface area contributed by atoms with Gasteiger partial charge >= 0.3 is 0 Å². The van der Waals surface area contributed by atoms with Crippen molar-refractivity contribution in [3.05, 3.63) is 105 Å². The van der Waals surface area contributed by atoms with Gasteiger partial charge in [-0.15, -0.1) is 0 Å². The van der Waals surface area contributed by atoms with Crippen molar-refractivity contribution in [1.82, 2.24) is 5.32 Å². The van der Waals surface area contributed by atoms with Gasteiger partial charge in [0.25, 0.3) is 5.91 Å². The van der Waals surface area contributed by atoms with Gasteiger partial charge in [0.1, 0.15) is 0 Å². The molecule has 0 aliphatic rings. The molecule has 0 heterocycles. The van der Waals surface area contributed by atoms with Crippen LogP contribution in [0.4, 0.5) is 0 Å². The molecule has 5 heteroatoms. The summed E-state index contributed by atoms with van der Waals surface area (Å²) < 4.78 is 0. The first-order chi connectivity index (χ1) is 12.0. The van der Waals surface area contributed by atoms with Crippen LogP contribution in [0, 0.1) is 0 Å². The monoisotopic (exact) mass is 389 g/mol. The zero-order chi connectivity index (χ0) is 17.8. The van der Waals surface area contributed by atoms with Crippen molar-refractivity contribution in [3.8, 4) is 0 Å². The molecule has 0 radical (unpaired) electrons. The molecule has 2 nitrogen and oxygen atoms in total. The van der Waals surface area contributed by atoms with Crippen LogP contribution in [-0.4, -0.2) is 5.91 Å².